The van der Waals surface area contributed by atoms with Crippen molar-refractivity contribution in [3.63, 3.8) is 0 Å². The van der Waals surface area contributed by atoms with Crippen molar-refractivity contribution in [3.8, 4) is 0 Å². The van der Waals surface area contributed by atoms with E-state index >= 15 is 0 Å². The maximum atomic E-state index is 6.31. The average molecular weight is 217 g/mol. The summed E-state index contributed by atoms with van der Waals surface area (Å²) in [5, 5.41) is 0. The molecule has 0 aromatic carbocycles. The summed E-state index contributed by atoms with van der Waals surface area (Å²) in [6.07, 6.45) is 0. The van der Waals surface area contributed by atoms with Crippen LogP contribution in [0.25, 0.3) is 0 Å². The Morgan fingerprint density at radius 2 is 1.14 bits per heavy atom. The highest BCUT2D eigenvalue weighted by Gasteiger charge is 2.40. The van der Waals surface area contributed by atoms with E-state index in [1.165, 1.54) is 0 Å². The highest BCUT2D eigenvalue weighted by molar-refractivity contribution is 7.50. The Kier molecular flexibility index (Phi) is 3.28. The van der Waals surface area contributed by atoms with Gasteiger partial charge in [0.2, 0.25) is 0 Å². The van der Waals surface area contributed by atoms with E-state index in [1.807, 2.05) is 0 Å². The summed E-state index contributed by atoms with van der Waals surface area (Å²) in [6.45, 7) is 15.6. The fourth-order valence-electron chi connectivity index (χ4n) is 1.81. The molecular formula is C10H24N3P. The summed E-state index contributed by atoms with van der Waals surface area (Å²) in [6, 6.07) is 0. The van der Waals surface area contributed by atoms with Gasteiger partial charge in [-0.05, 0) is 41.5 Å². The normalized spacial score (nSPS) is 23.4. The second-order valence-electron chi connectivity index (χ2n) is 5.91. The lowest BCUT2D eigenvalue weighted by Gasteiger charge is -2.40. The summed E-state index contributed by atoms with van der Waals surface area (Å²) in [5.74, 6) is 0. The minimum absolute atomic E-state index is 0.195. The van der Waals surface area contributed by atoms with Gasteiger partial charge in [-0.1, -0.05) is 0 Å². The van der Waals surface area contributed by atoms with Gasteiger partial charge in [0.15, 0.2) is 0 Å². The third-order valence-electron chi connectivity index (χ3n) is 2.57. The molecule has 1 heterocycles. The van der Waals surface area contributed by atoms with Crippen LogP contribution in [-0.4, -0.2) is 33.5 Å². The van der Waals surface area contributed by atoms with Gasteiger partial charge >= 0.3 is 0 Å². The Balaban J connectivity index is 2.75. The van der Waals surface area contributed by atoms with Crippen LogP contribution < -0.4 is 5.50 Å². The van der Waals surface area contributed by atoms with E-state index in [4.69, 9.17) is 5.50 Å². The van der Waals surface area contributed by atoms with Crippen LogP contribution in [0.3, 0.4) is 0 Å². The summed E-state index contributed by atoms with van der Waals surface area (Å²) >= 11 is 0. The molecular weight excluding hydrogens is 193 g/mol. The van der Waals surface area contributed by atoms with Crippen LogP contribution in [0.15, 0.2) is 0 Å². The van der Waals surface area contributed by atoms with E-state index in [0.717, 1.165) is 13.1 Å². The first-order valence-corrected chi connectivity index (χ1v) is 6.55. The van der Waals surface area contributed by atoms with Crippen LogP contribution >= 0.6 is 8.37 Å². The van der Waals surface area contributed by atoms with Crippen LogP contribution in [0.5, 0.6) is 0 Å². The molecule has 3 nitrogen and oxygen atoms in total. The van der Waals surface area contributed by atoms with Crippen LogP contribution in [0, 0.1) is 0 Å². The number of nitrogens with zero attached hydrogens (tertiary/aromatic N) is 2. The number of rotatable bonds is 0. The molecule has 0 saturated carbocycles. The second kappa shape index (κ2) is 3.71. The number of hydrogen-bond donors (Lipinski definition) is 1. The first kappa shape index (κ1) is 12.4. The van der Waals surface area contributed by atoms with Crippen molar-refractivity contribution in [1.82, 2.24) is 9.34 Å². The van der Waals surface area contributed by atoms with E-state index in [9.17, 15) is 0 Å². The molecule has 1 saturated heterocycles. The molecule has 0 aliphatic carbocycles. The monoisotopic (exact) mass is 217 g/mol. The second-order valence-corrected chi connectivity index (χ2v) is 7.51. The van der Waals surface area contributed by atoms with Crippen molar-refractivity contribution in [3.05, 3.63) is 0 Å². The summed E-state index contributed by atoms with van der Waals surface area (Å²) in [4.78, 5) is 0. The van der Waals surface area contributed by atoms with Crippen molar-refractivity contribution in [2.75, 3.05) is 13.1 Å². The lowest BCUT2D eigenvalue weighted by atomic mass is 10.1. The predicted molar refractivity (Wildman–Crippen MR) is 64.0 cm³/mol. The molecule has 1 aliphatic rings. The Morgan fingerprint density at radius 3 is 1.29 bits per heavy atom. The van der Waals surface area contributed by atoms with Gasteiger partial charge in [-0.25, -0.2) is 0 Å². The van der Waals surface area contributed by atoms with Gasteiger partial charge in [0.1, 0.15) is 8.37 Å². The Hall–Kier alpha value is 0.310. The van der Waals surface area contributed by atoms with E-state index in [0.29, 0.717) is 0 Å². The predicted octanol–water partition coefficient (Wildman–Crippen LogP) is 2.39. The third kappa shape index (κ3) is 2.46. The molecule has 0 bridgehead atoms. The molecule has 0 amide bonds. The number of hydrogen-bond acceptors (Lipinski definition) is 3. The maximum absolute atomic E-state index is 6.31. The van der Waals surface area contributed by atoms with Gasteiger partial charge < -0.3 is 0 Å². The largest absolute Gasteiger partial charge is 0.285 e. The van der Waals surface area contributed by atoms with Crippen molar-refractivity contribution in [1.29, 1.82) is 0 Å². The summed E-state index contributed by atoms with van der Waals surface area (Å²) in [5.41, 5.74) is 6.70. The average Bonchev–Trinajstić information content (AvgIpc) is 2.26. The lowest BCUT2D eigenvalue weighted by molar-refractivity contribution is 0.271. The first-order chi connectivity index (χ1) is 6.14. The fraction of sp³-hybridized carbons (Fsp3) is 1.00. The van der Waals surface area contributed by atoms with Crippen LogP contribution in [0.1, 0.15) is 41.5 Å². The zero-order valence-corrected chi connectivity index (χ0v) is 11.2. The first-order valence-electron chi connectivity index (χ1n) is 5.24. The standard InChI is InChI=1S/C10H24N3P/c1-9(2,3)12-7-8-13(14(12)11)10(4,5)6/h7-8,11H2,1-6H3. The highest BCUT2D eigenvalue weighted by atomic mass is 31.1. The minimum Gasteiger partial charge on any atom is -0.285 e. The molecule has 1 fully saturated rings. The Morgan fingerprint density at radius 1 is 0.857 bits per heavy atom. The van der Waals surface area contributed by atoms with Crippen molar-refractivity contribution in [2.45, 2.75) is 52.6 Å². The highest BCUT2D eigenvalue weighted by Crippen LogP contribution is 2.49. The Bertz CT molecular complexity index is 182. The van der Waals surface area contributed by atoms with E-state index in [1.54, 1.807) is 0 Å². The van der Waals surface area contributed by atoms with Gasteiger partial charge in [-0.15, -0.1) is 0 Å². The van der Waals surface area contributed by atoms with Gasteiger partial charge in [-0.3, -0.25) is 14.8 Å². The van der Waals surface area contributed by atoms with Gasteiger partial charge in [0, 0.05) is 24.2 Å². The molecule has 84 valence electrons. The molecule has 1 aliphatic heterocycles. The van der Waals surface area contributed by atoms with Crippen LogP contribution in [0.4, 0.5) is 0 Å². The van der Waals surface area contributed by atoms with E-state index in [-0.39, 0.29) is 11.1 Å². The molecule has 0 aromatic heterocycles. The topological polar surface area (TPSA) is 32.5 Å². The lowest BCUT2D eigenvalue weighted by Crippen LogP contribution is -2.40. The molecule has 14 heavy (non-hydrogen) atoms. The Labute approximate surface area is 89.5 Å². The minimum atomic E-state index is -0.601. The summed E-state index contributed by atoms with van der Waals surface area (Å²) < 4.78 is 4.85. The fourth-order valence-corrected chi connectivity index (χ4v) is 3.89. The maximum Gasteiger partial charge on any atom is 0.115 e. The molecule has 0 spiro atoms. The van der Waals surface area contributed by atoms with Gasteiger partial charge in [-0.2, -0.15) is 0 Å². The quantitative estimate of drug-likeness (QED) is 0.632. The SMILES string of the molecule is CC(C)(C)N1CCN(C(C)(C)C)P1N. The molecule has 0 aromatic rings. The molecule has 0 atom stereocenters. The van der Waals surface area contributed by atoms with E-state index < -0.39 is 8.37 Å². The van der Waals surface area contributed by atoms with Crippen molar-refractivity contribution < 1.29 is 0 Å². The molecule has 2 N–H and O–H groups in total. The van der Waals surface area contributed by atoms with Crippen molar-refractivity contribution in [2.24, 2.45) is 5.50 Å². The number of nitrogens with two attached hydrogens (primary N) is 1. The molecule has 0 radical (unpaired) electrons. The van der Waals surface area contributed by atoms with Gasteiger partial charge in [0.25, 0.3) is 0 Å². The van der Waals surface area contributed by atoms with Crippen LogP contribution in [-0.2, 0) is 0 Å². The van der Waals surface area contributed by atoms with Gasteiger partial charge in [0.05, 0.1) is 0 Å². The van der Waals surface area contributed by atoms with Crippen LogP contribution in [0.2, 0.25) is 0 Å². The zero-order valence-electron chi connectivity index (χ0n) is 10.3. The summed E-state index contributed by atoms with van der Waals surface area (Å²) in [7, 11) is -0.601. The third-order valence-corrected chi connectivity index (χ3v) is 5.16. The van der Waals surface area contributed by atoms with E-state index in [2.05, 4.69) is 50.9 Å². The smallest absolute Gasteiger partial charge is 0.115 e. The molecule has 1 rings (SSSR count). The molecule has 4 heteroatoms. The molecule has 0 unspecified atom stereocenters. The zero-order chi connectivity index (χ0) is 11.1. The van der Waals surface area contributed by atoms with Crippen molar-refractivity contribution >= 4 is 8.37 Å².